The highest BCUT2D eigenvalue weighted by atomic mass is 16.6. The third-order valence-corrected chi connectivity index (χ3v) is 7.32. The zero-order chi connectivity index (χ0) is 29.0. The number of nitrogens with zero attached hydrogens (tertiary/aromatic N) is 2. The van der Waals surface area contributed by atoms with Crippen molar-refractivity contribution in [3.05, 3.63) is 29.3 Å². The molecule has 3 heterocycles. The first-order valence-corrected chi connectivity index (χ1v) is 14.3. The minimum Gasteiger partial charge on any atom is -0.383 e. The number of nitrogens with two attached hydrogens (primary N) is 1. The smallest absolute Gasteiger partial charge is 0.262 e. The molecule has 0 radical (unpaired) electrons. The van der Waals surface area contributed by atoms with Crippen LogP contribution in [0.15, 0.2) is 18.2 Å². The summed E-state index contributed by atoms with van der Waals surface area (Å²) in [6, 6.07) is 4.24. The Morgan fingerprint density at radius 2 is 1.41 bits per heavy atom. The third-order valence-electron chi connectivity index (χ3n) is 7.32. The number of benzene rings is 1. The summed E-state index contributed by atoms with van der Waals surface area (Å²) < 4.78 is 22.2. The van der Waals surface area contributed by atoms with E-state index < -0.39 is 29.7 Å². The van der Waals surface area contributed by atoms with Crippen molar-refractivity contribution in [1.29, 1.82) is 0 Å². The van der Waals surface area contributed by atoms with Crippen LogP contribution in [0.1, 0.15) is 46.4 Å². The molecule has 0 aliphatic carbocycles. The summed E-state index contributed by atoms with van der Waals surface area (Å²) in [4.78, 5) is 52.6. The molecule has 2 fully saturated rings. The number of likely N-dealkylation sites (tertiary alicyclic amines) is 1. The van der Waals surface area contributed by atoms with Gasteiger partial charge in [0.2, 0.25) is 11.8 Å². The Kier molecular flexibility index (Phi) is 12.0. The van der Waals surface area contributed by atoms with Crippen LogP contribution in [0.4, 0.5) is 5.69 Å². The minimum atomic E-state index is -0.979. The molecule has 0 spiro atoms. The molecule has 0 bridgehead atoms. The first-order chi connectivity index (χ1) is 19.9. The molecule has 13 heteroatoms. The predicted molar refractivity (Wildman–Crippen MR) is 149 cm³/mol. The van der Waals surface area contributed by atoms with E-state index in [0.717, 1.165) is 37.4 Å². The Labute approximate surface area is 240 Å². The molecule has 1 aromatic carbocycles. The normalized spacial score (nSPS) is 20.0. The van der Waals surface area contributed by atoms with Gasteiger partial charge in [0.05, 0.1) is 64.0 Å². The molecule has 0 saturated carbocycles. The number of imide groups is 2. The van der Waals surface area contributed by atoms with E-state index in [-0.39, 0.29) is 24.0 Å². The molecule has 226 valence electrons. The summed E-state index contributed by atoms with van der Waals surface area (Å²) in [5, 5.41) is 5.36. The summed E-state index contributed by atoms with van der Waals surface area (Å²) in [6.07, 6.45) is 2.33. The minimum absolute atomic E-state index is 0.0843. The van der Waals surface area contributed by atoms with Crippen LogP contribution in [-0.2, 0) is 28.5 Å². The van der Waals surface area contributed by atoms with Gasteiger partial charge in [-0.05, 0) is 50.6 Å². The van der Waals surface area contributed by atoms with E-state index >= 15 is 0 Å². The number of nitrogens with one attached hydrogen (secondary N) is 2. The fraction of sp³-hybridized carbons (Fsp3) is 0.643. The standard InChI is InChI=1S/C28H41N5O8/c29-20-5-8-32(9-6-20)10-12-39-14-16-41-18-17-40-15-13-38-11-7-30-21-1-2-22-23(19-21)28(37)33(27(22)36)24-3-4-25(34)31-26(24)35/h1-2,19-20,24,30H,3-18,29H2,(H,31,34,35). The number of hydrogen-bond donors (Lipinski definition) is 3. The number of hydrogen-bond acceptors (Lipinski definition) is 11. The topological polar surface area (TPSA) is 162 Å². The molecule has 3 aliphatic rings. The summed E-state index contributed by atoms with van der Waals surface area (Å²) in [5.74, 6) is -2.09. The van der Waals surface area contributed by atoms with Crippen LogP contribution in [0.3, 0.4) is 0 Å². The highest BCUT2D eigenvalue weighted by Crippen LogP contribution is 2.29. The van der Waals surface area contributed by atoms with Crippen molar-refractivity contribution < 1.29 is 38.1 Å². The Balaban J connectivity index is 0.995. The van der Waals surface area contributed by atoms with Crippen LogP contribution < -0.4 is 16.4 Å². The Morgan fingerprint density at radius 1 is 0.805 bits per heavy atom. The van der Waals surface area contributed by atoms with Crippen molar-refractivity contribution in [1.82, 2.24) is 15.1 Å². The molecular formula is C28H41N5O8. The lowest BCUT2D eigenvalue weighted by molar-refractivity contribution is -0.136. The van der Waals surface area contributed by atoms with E-state index in [0.29, 0.717) is 71.1 Å². The van der Waals surface area contributed by atoms with Crippen molar-refractivity contribution in [3.8, 4) is 0 Å². The van der Waals surface area contributed by atoms with Gasteiger partial charge in [0, 0.05) is 31.2 Å². The maximum atomic E-state index is 12.9. The average molecular weight is 576 g/mol. The molecule has 41 heavy (non-hydrogen) atoms. The van der Waals surface area contributed by atoms with Crippen LogP contribution in [0, 0.1) is 0 Å². The fourth-order valence-corrected chi connectivity index (χ4v) is 4.98. The van der Waals surface area contributed by atoms with Crippen molar-refractivity contribution in [2.75, 3.05) is 84.4 Å². The van der Waals surface area contributed by atoms with E-state index in [1.807, 2.05) is 0 Å². The van der Waals surface area contributed by atoms with Gasteiger partial charge in [0.1, 0.15) is 6.04 Å². The summed E-state index contributed by atoms with van der Waals surface area (Å²) in [5.41, 5.74) is 7.05. The molecule has 1 atom stereocenters. The molecule has 4 N–H and O–H groups in total. The predicted octanol–water partition coefficient (Wildman–Crippen LogP) is -0.0108. The van der Waals surface area contributed by atoms with Gasteiger partial charge in [0.25, 0.3) is 11.8 Å². The molecular weight excluding hydrogens is 534 g/mol. The molecule has 4 rings (SSSR count). The van der Waals surface area contributed by atoms with E-state index in [1.165, 1.54) is 0 Å². The van der Waals surface area contributed by atoms with Gasteiger partial charge in [0.15, 0.2) is 0 Å². The number of rotatable bonds is 17. The molecule has 1 unspecified atom stereocenters. The van der Waals surface area contributed by atoms with Gasteiger partial charge in [-0.25, -0.2) is 0 Å². The summed E-state index contributed by atoms with van der Waals surface area (Å²) in [6.45, 7) is 7.61. The highest BCUT2D eigenvalue weighted by molar-refractivity contribution is 6.23. The van der Waals surface area contributed by atoms with Gasteiger partial charge in [-0.3, -0.25) is 29.4 Å². The maximum Gasteiger partial charge on any atom is 0.262 e. The van der Waals surface area contributed by atoms with Gasteiger partial charge in [-0.15, -0.1) is 0 Å². The van der Waals surface area contributed by atoms with E-state index in [4.69, 9.17) is 24.7 Å². The van der Waals surface area contributed by atoms with Gasteiger partial charge in [-0.1, -0.05) is 0 Å². The van der Waals surface area contributed by atoms with Gasteiger partial charge < -0.3 is 34.9 Å². The largest absolute Gasteiger partial charge is 0.383 e. The number of carbonyl (C=O) groups excluding carboxylic acids is 4. The summed E-state index contributed by atoms with van der Waals surface area (Å²) >= 11 is 0. The van der Waals surface area contributed by atoms with Crippen LogP contribution >= 0.6 is 0 Å². The quantitative estimate of drug-likeness (QED) is 0.169. The Morgan fingerprint density at radius 3 is 2.07 bits per heavy atom. The molecule has 13 nitrogen and oxygen atoms in total. The monoisotopic (exact) mass is 575 g/mol. The molecule has 1 aromatic rings. The van der Waals surface area contributed by atoms with E-state index in [2.05, 4.69) is 15.5 Å². The van der Waals surface area contributed by atoms with Crippen LogP contribution in [0.5, 0.6) is 0 Å². The molecule has 2 saturated heterocycles. The number of ether oxygens (including phenoxy) is 4. The van der Waals surface area contributed by atoms with Crippen LogP contribution in [-0.4, -0.2) is 125 Å². The fourth-order valence-electron chi connectivity index (χ4n) is 4.98. The number of anilines is 1. The summed E-state index contributed by atoms with van der Waals surface area (Å²) in [7, 11) is 0. The lowest BCUT2D eigenvalue weighted by Crippen LogP contribution is -2.54. The Bertz CT molecular complexity index is 1060. The SMILES string of the molecule is NC1CCN(CCOCCOCCOCCOCCNc2ccc3c(c2)C(=O)N(C2CCC(=O)NC2=O)C3=O)CC1. The number of amides is 4. The second kappa shape index (κ2) is 15.9. The zero-order valence-electron chi connectivity index (χ0n) is 23.4. The Hall–Kier alpha value is -2.94. The zero-order valence-corrected chi connectivity index (χ0v) is 23.4. The van der Waals surface area contributed by atoms with E-state index in [1.54, 1.807) is 18.2 Å². The lowest BCUT2D eigenvalue weighted by atomic mass is 10.0. The molecule has 4 amide bonds. The third kappa shape index (κ3) is 9.02. The van der Waals surface area contributed by atoms with Crippen molar-refractivity contribution >= 4 is 29.3 Å². The molecule has 3 aliphatic heterocycles. The maximum absolute atomic E-state index is 12.9. The van der Waals surface area contributed by atoms with Gasteiger partial charge >= 0.3 is 0 Å². The van der Waals surface area contributed by atoms with Gasteiger partial charge in [-0.2, -0.15) is 0 Å². The van der Waals surface area contributed by atoms with Crippen molar-refractivity contribution in [2.45, 2.75) is 37.8 Å². The molecule has 0 aromatic heterocycles. The van der Waals surface area contributed by atoms with Crippen molar-refractivity contribution in [2.24, 2.45) is 5.73 Å². The first kappa shape index (κ1) is 31.0. The second-order valence-electron chi connectivity index (χ2n) is 10.3. The first-order valence-electron chi connectivity index (χ1n) is 14.3. The number of fused-ring (bicyclic) bond motifs is 1. The van der Waals surface area contributed by atoms with E-state index in [9.17, 15) is 19.2 Å². The van der Waals surface area contributed by atoms with Crippen LogP contribution in [0.25, 0.3) is 0 Å². The van der Waals surface area contributed by atoms with Crippen molar-refractivity contribution in [3.63, 3.8) is 0 Å². The average Bonchev–Trinajstić information content (AvgIpc) is 3.20. The number of piperidine rings is 2. The number of carbonyl (C=O) groups is 4. The van der Waals surface area contributed by atoms with Crippen LogP contribution in [0.2, 0.25) is 0 Å². The second-order valence-corrected chi connectivity index (χ2v) is 10.3. The lowest BCUT2D eigenvalue weighted by Gasteiger charge is -2.29. The highest BCUT2D eigenvalue weighted by Gasteiger charge is 2.44.